The van der Waals surface area contributed by atoms with Crippen LogP contribution in [0.2, 0.25) is 0 Å². The highest BCUT2D eigenvalue weighted by Crippen LogP contribution is 2.36. The van der Waals surface area contributed by atoms with Gasteiger partial charge >= 0.3 is 6.18 Å². The average molecular weight is 392 g/mol. The number of carbonyl (C=O) groups excluding carboxylic acids is 1. The minimum Gasteiger partial charge on any atom is -0.507 e. The van der Waals surface area contributed by atoms with Crippen molar-refractivity contribution in [3.05, 3.63) is 52.4 Å². The third kappa shape index (κ3) is 2.84. The van der Waals surface area contributed by atoms with Crippen LogP contribution in [-0.4, -0.2) is 17.1 Å². The van der Waals surface area contributed by atoms with Crippen LogP contribution >= 0.6 is 0 Å². The molecule has 1 N–H and O–H groups in total. The summed E-state index contributed by atoms with van der Waals surface area (Å²) in [5.41, 5.74) is -2.11. The molecule has 0 heterocycles. The maximum atomic E-state index is 14.2. The molecule has 2 rings (SSSR count). The Morgan fingerprint density at radius 2 is 1.08 bits per heavy atom. The monoisotopic (exact) mass is 392 g/mol. The Labute approximate surface area is 135 Å². The molecular weight excluding hydrogens is 390 g/mol. The number of alkyl halides is 3. The number of hydrogen-bond acceptors (Lipinski definition) is 2. The normalized spacial score (nSPS) is 12.8. The zero-order valence-electron chi connectivity index (χ0n) is 11.7. The first-order chi connectivity index (χ1) is 11.8. The first-order valence-corrected chi connectivity index (χ1v) is 6.14. The number of carbonyl (C=O) groups is 1. The number of hydrogen-bond donors (Lipinski definition) is 1. The molecule has 2 aromatic carbocycles. The van der Waals surface area contributed by atoms with Gasteiger partial charge < -0.3 is 5.11 Å². The molecule has 0 aliphatic heterocycles. The number of benzene rings is 2. The van der Waals surface area contributed by atoms with Gasteiger partial charge in [0.15, 0.2) is 34.9 Å². The molecule has 0 aliphatic carbocycles. The van der Waals surface area contributed by atoms with Gasteiger partial charge in [-0.25, -0.2) is 30.7 Å². The minimum atomic E-state index is -5.59. The molecule has 2 nitrogen and oxygen atoms in total. The summed E-state index contributed by atoms with van der Waals surface area (Å²) in [4.78, 5) is 10.7. The Bertz CT molecular complexity index is 975. The molecule has 0 unspecified atom stereocenters. The standard InChI is InChI=1S/C14H2F10O2/c15-7-4(2(25)1-3(26)14(22,23)24)8(16)9(17)6-5(7)10(18)12(20)13(21)11(6)19/h1,25H/b2-1-. The number of ketones is 1. The fourth-order valence-corrected chi connectivity index (χ4v) is 1.99. The van der Waals surface area contributed by atoms with Crippen LogP contribution in [0.3, 0.4) is 0 Å². The molecule has 0 aromatic heterocycles. The van der Waals surface area contributed by atoms with Gasteiger partial charge in [0.05, 0.1) is 16.3 Å². The fourth-order valence-electron chi connectivity index (χ4n) is 1.99. The number of aliphatic hydroxyl groups excluding tert-OH is 1. The summed E-state index contributed by atoms with van der Waals surface area (Å²) in [6.07, 6.45) is -6.36. The van der Waals surface area contributed by atoms with Gasteiger partial charge in [-0.05, 0) is 0 Å². The van der Waals surface area contributed by atoms with Crippen LogP contribution in [-0.2, 0) is 4.79 Å². The smallest absolute Gasteiger partial charge is 0.454 e. The topological polar surface area (TPSA) is 37.3 Å². The second kappa shape index (κ2) is 6.18. The van der Waals surface area contributed by atoms with E-state index in [1.165, 1.54) is 0 Å². The van der Waals surface area contributed by atoms with Crippen LogP contribution < -0.4 is 0 Å². The van der Waals surface area contributed by atoms with E-state index in [1.54, 1.807) is 0 Å². The van der Waals surface area contributed by atoms with Crippen LogP contribution in [0.4, 0.5) is 43.9 Å². The lowest BCUT2D eigenvalue weighted by Crippen LogP contribution is -2.20. The Hall–Kier alpha value is -2.79. The molecule has 0 radical (unpaired) electrons. The van der Waals surface area contributed by atoms with E-state index in [4.69, 9.17) is 0 Å². The van der Waals surface area contributed by atoms with Gasteiger partial charge in [0.25, 0.3) is 5.78 Å². The van der Waals surface area contributed by atoms with Gasteiger partial charge in [-0.2, -0.15) is 13.2 Å². The summed E-state index contributed by atoms with van der Waals surface area (Å²) in [6.45, 7) is 0. The van der Waals surface area contributed by atoms with Gasteiger partial charge in [-0.1, -0.05) is 0 Å². The predicted molar refractivity (Wildman–Crippen MR) is 65.3 cm³/mol. The van der Waals surface area contributed by atoms with E-state index in [0.717, 1.165) is 0 Å². The Morgan fingerprint density at radius 3 is 1.50 bits per heavy atom. The van der Waals surface area contributed by atoms with E-state index in [-0.39, 0.29) is 0 Å². The molecule has 0 saturated heterocycles. The summed E-state index contributed by atoms with van der Waals surface area (Å²) in [5.74, 6) is -22.8. The number of allylic oxidation sites excluding steroid dienone is 1. The van der Waals surface area contributed by atoms with Crippen molar-refractivity contribution < 1.29 is 53.8 Å². The third-order valence-corrected chi connectivity index (χ3v) is 3.14. The van der Waals surface area contributed by atoms with Crippen molar-refractivity contribution in [3.63, 3.8) is 0 Å². The molecule has 0 amide bonds. The van der Waals surface area contributed by atoms with E-state index in [1.807, 2.05) is 0 Å². The maximum Gasteiger partial charge on any atom is 0.454 e. The van der Waals surface area contributed by atoms with E-state index in [9.17, 15) is 53.8 Å². The van der Waals surface area contributed by atoms with Gasteiger partial charge in [0.2, 0.25) is 0 Å². The van der Waals surface area contributed by atoms with Crippen molar-refractivity contribution in [1.82, 2.24) is 0 Å². The van der Waals surface area contributed by atoms with Gasteiger partial charge in [0.1, 0.15) is 11.6 Å². The van der Waals surface area contributed by atoms with Gasteiger partial charge in [-0.15, -0.1) is 0 Å². The van der Waals surface area contributed by atoms with Crippen LogP contribution in [0.25, 0.3) is 16.5 Å². The molecule has 12 heteroatoms. The highest BCUT2D eigenvalue weighted by Gasteiger charge is 2.38. The maximum absolute atomic E-state index is 14.2. The highest BCUT2D eigenvalue weighted by atomic mass is 19.4. The predicted octanol–water partition coefficient (Wildman–Crippen LogP) is 4.84. The van der Waals surface area contributed by atoms with Gasteiger partial charge in [-0.3, -0.25) is 4.79 Å². The lowest BCUT2D eigenvalue weighted by atomic mass is 10.0. The van der Waals surface area contributed by atoms with E-state index < -0.39 is 80.9 Å². The van der Waals surface area contributed by atoms with Crippen molar-refractivity contribution in [3.8, 4) is 0 Å². The molecule has 140 valence electrons. The van der Waals surface area contributed by atoms with Crippen LogP contribution in [0.5, 0.6) is 0 Å². The summed E-state index contributed by atoms with van der Waals surface area (Å²) in [5, 5.41) is 5.26. The SMILES string of the molecule is O=C(/C=C(\O)c1c(F)c(F)c2c(F)c(F)c(F)c(F)c2c1F)C(F)(F)F. The molecule has 0 saturated carbocycles. The number of rotatable bonds is 2. The van der Waals surface area contributed by atoms with Crippen molar-refractivity contribution >= 4 is 22.3 Å². The summed E-state index contributed by atoms with van der Waals surface area (Å²) >= 11 is 0. The molecule has 26 heavy (non-hydrogen) atoms. The molecule has 0 fully saturated rings. The molecule has 0 atom stereocenters. The lowest BCUT2D eigenvalue weighted by molar-refractivity contribution is -0.165. The Kier molecular flexibility index (Phi) is 4.64. The number of aliphatic hydroxyl groups is 1. The van der Waals surface area contributed by atoms with Crippen molar-refractivity contribution in [2.75, 3.05) is 0 Å². The molecule has 2 aromatic rings. The lowest BCUT2D eigenvalue weighted by Gasteiger charge is -2.12. The van der Waals surface area contributed by atoms with Crippen molar-refractivity contribution in [1.29, 1.82) is 0 Å². The number of fused-ring (bicyclic) bond motifs is 1. The molecule has 0 aliphatic rings. The fraction of sp³-hybridized carbons (Fsp3) is 0.0714. The Balaban J connectivity index is 2.95. The largest absolute Gasteiger partial charge is 0.507 e. The molecular formula is C14H2F10O2. The van der Waals surface area contributed by atoms with Crippen LogP contribution in [0.1, 0.15) is 5.56 Å². The molecule has 0 bridgehead atoms. The van der Waals surface area contributed by atoms with Crippen LogP contribution in [0, 0.1) is 40.7 Å². The first kappa shape index (κ1) is 19.5. The Morgan fingerprint density at radius 1 is 0.692 bits per heavy atom. The average Bonchev–Trinajstić information content (AvgIpc) is 2.53. The third-order valence-electron chi connectivity index (χ3n) is 3.14. The highest BCUT2D eigenvalue weighted by molar-refractivity contribution is 6.00. The van der Waals surface area contributed by atoms with Crippen LogP contribution in [0.15, 0.2) is 6.08 Å². The second-order valence-electron chi connectivity index (χ2n) is 4.71. The summed E-state index contributed by atoms with van der Waals surface area (Å²) < 4.78 is 132. The zero-order chi connectivity index (χ0) is 20.1. The van der Waals surface area contributed by atoms with E-state index in [0.29, 0.717) is 0 Å². The van der Waals surface area contributed by atoms with Crippen molar-refractivity contribution in [2.24, 2.45) is 0 Å². The summed E-state index contributed by atoms with van der Waals surface area (Å²) in [6, 6.07) is 0. The first-order valence-electron chi connectivity index (χ1n) is 6.14. The second-order valence-corrected chi connectivity index (χ2v) is 4.71. The molecule has 0 spiro atoms. The van der Waals surface area contributed by atoms with E-state index in [2.05, 4.69) is 0 Å². The quantitative estimate of drug-likeness (QED) is 0.261. The zero-order valence-corrected chi connectivity index (χ0v) is 11.7. The van der Waals surface area contributed by atoms with E-state index >= 15 is 0 Å². The van der Waals surface area contributed by atoms with Crippen molar-refractivity contribution in [2.45, 2.75) is 6.18 Å². The minimum absolute atomic E-state index is 0.763. The van der Waals surface area contributed by atoms with Gasteiger partial charge in [0, 0.05) is 6.08 Å². The summed E-state index contributed by atoms with van der Waals surface area (Å²) in [7, 11) is 0. The number of halogens is 10.